The number of β-amino-alcohol motifs (C(OH)–C–C–N with tert-alkyl or cyclic N) is 1. The molecule has 0 radical (unpaired) electrons. The van der Waals surface area contributed by atoms with Crippen molar-refractivity contribution >= 4 is 11.8 Å². The molecule has 1 saturated heterocycles. The van der Waals surface area contributed by atoms with E-state index in [1.807, 2.05) is 33.9 Å². The van der Waals surface area contributed by atoms with Crippen LogP contribution in [-0.4, -0.2) is 65.3 Å². The largest absolute Gasteiger partial charge is 0.389 e. The van der Waals surface area contributed by atoms with Crippen molar-refractivity contribution < 1.29 is 5.11 Å². The van der Waals surface area contributed by atoms with E-state index in [2.05, 4.69) is 25.1 Å². The van der Waals surface area contributed by atoms with E-state index in [1.54, 1.807) is 0 Å². The Morgan fingerprint density at radius 2 is 1.90 bits per heavy atom. The van der Waals surface area contributed by atoms with E-state index in [1.165, 1.54) is 0 Å². The Morgan fingerprint density at radius 1 is 1.25 bits per heavy atom. The van der Waals surface area contributed by atoms with Crippen LogP contribution >= 0.6 is 0 Å². The van der Waals surface area contributed by atoms with E-state index in [0.29, 0.717) is 12.5 Å². The van der Waals surface area contributed by atoms with E-state index >= 15 is 0 Å². The maximum Gasteiger partial charge on any atom is 0.224 e. The van der Waals surface area contributed by atoms with E-state index in [9.17, 15) is 5.11 Å². The molecule has 2 N–H and O–H groups in total. The summed E-state index contributed by atoms with van der Waals surface area (Å²) in [5.41, 5.74) is 0.339. The van der Waals surface area contributed by atoms with Crippen molar-refractivity contribution in [3.63, 3.8) is 0 Å². The lowest BCUT2D eigenvalue weighted by Crippen LogP contribution is -2.50. The standard InChI is InChI=1S/C14H25N5O/c1-11-9-12(17-13(15-4)16-11)19-7-5-18(6-8-19)10-14(2,3)20/h9,20H,5-8,10H2,1-4H3,(H,15,16,17). The van der Waals surface area contributed by atoms with Gasteiger partial charge >= 0.3 is 0 Å². The van der Waals surface area contributed by atoms with Crippen molar-refractivity contribution in [2.45, 2.75) is 26.4 Å². The van der Waals surface area contributed by atoms with E-state index < -0.39 is 5.60 Å². The van der Waals surface area contributed by atoms with Crippen LogP contribution in [0.1, 0.15) is 19.5 Å². The van der Waals surface area contributed by atoms with E-state index in [-0.39, 0.29) is 0 Å². The van der Waals surface area contributed by atoms with Gasteiger partial charge in [0.2, 0.25) is 5.95 Å². The zero-order valence-electron chi connectivity index (χ0n) is 12.8. The predicted molar refractivity (Wildman–Crippen MR) is 81.3 cm³/mol. The average Bonchev–Trinajstić information content (AvgIpc) is 2.37. The summed E-state index contributed by atoms with van der Waals surface area (Å²) < 4.78 is 0. The van der Waals surface area contributed by atoms with Gasteiger partial charge in [-0.3, -0.25) is 4.90 Å². The molecule has 1 aliphatic rings. The molecule has 0 amide bonds. The molecule has 112 valence electrons. The highest BCUT2D eigenvalue weighted by molar-refractivity contribution is 5.45. The fraction of sp³-hybridized carbons (Fsp3) is 0.714. The van der Waals surface area contributed by atoms with Crippen LogP contribution in [0, 0.1) is 6.92 Å². The zero-order chi connectivity index (χ0) is 14.8. The fourth-order valence-electron chi connectivity index (χ4n) is 2.51. The van der Waals surface area contributed by atoms with Gasteiger partial charge in [-0.2, -0.15) is 4.98 Å². The van der Waals surface area contributed by atoms with Crippen molar-refractivity contribution in [3.05, 3.63) is 11.8 Å². The Kier molecular flexibility index (Phi) is 4.45. The van der Waals surface area contributed by atoms with Crippen LogP contribution in [0.25, 0.3) is 0 Å². The first-order valence-electron chi connectivity index (χ1n) is 7.10. The maximum atomic E-state index is 9.87. The van der Waals surface area contributed by atoms with Crippen LogP contribution in [-0.2, 0) is 0 Å². The van der Waals surface area contributed by atoms with Crippen LogP contribution in [0.15, 0.2) is 6.07 Å². The molecule has 0 saturated carbocycles. The van der Waals surface area contributed by atoms with Crippen molar-refractivity contribution in [2.75, 3.05) is 50.0 Å². The maximum absolute atomic E-state index is 9.87. The van der Waals surface area contributed by atoms with Gasteiger partial charge in [-0.25, -0.2) is 4.98 Å². The van der Waals surface area contributed by atoms with Gasteiger partial charge in [-0.15, -0.1) is 0 Å². The third-order valence-corrected chi connectivity index (χ3v) is 3.37. The Hall–Kier alpha value is -1.40. The van der Waals surface area contributed by atoms with Crippen molar-refractivity contribution in [1.29, 1.82) is 0 Å². The Labute approximate surface area is 120 Å². The number of aliphatic hydroxyl groups is 1. The van der Waals surface area contributed by atoms with Gasteiger partial charge in [0.05, 0.1) is 5.60 Å². The van der Waals surface area contributed by atoms with Gasteiger partial charge in [0.25, 0.3) is 0 Å². The Bertz CT molecular complexity index is 449. The minimum Gasteiger partial charge on any atom is -0.389 e. The number of nitrogens with zero attached hydrogens (tertiary/aromatic N) is 4. The number of rotatable bonds is 4. The lowest BCUT2D eigenvalue weighted by atomic mass is 10.1. The van der Waals surface area contributed by atoms with Crippen molar-refractivity contribution in [1.82, 2.24) is 14.9 Å². The number of hydrogen-bond acceptors (Lipinski definition) is 6. The van der Waals surface area contributed by atoms with Gasteiger partial charge < -0.3 is 15.3 Å². The average molecular weight is 279 g/mol. The molecule has 0 atom stereocenters. The summed E-state index contributed by atoms with van der Waals surface area (Å²) in [5, 5.41) is 12.9. The molecule has 0 aromatic carbocycles. The number of nitrogens with one attached hydrogen (secondary N) is 1. The molecule has 0 unspecified atom stereocenters. The molecule has 0 aliphatic carbocycles. The first-order chi connectivity index (χ1) is 9.37. The summed E-state index contributed by atoms with van der Waals surface area (Å²) in [5.74, 6) is 1.64. The first kappa shape index (κ1) is 15.0. The smallest absolute Gasteiger partial charge is 0.224 e. The topological polar surface area (TPSA) is 64.5 Å². The summed E-state index contributed by atoms with van der Waals surface area (Å²) in [7, 11) is 1.83. The Balaban J connectivity index is 1.98. The summed E-state index contributed by atoms with van der Waals surface area (Å²) in [6, 6.07) is 2.02. The molecule has 1 fully saturated rings. The molecular weight excluding hydrogens is 254 g/mol. The van der Waals surface area contributed by atoms with Crippen LogP contribution in [0.3, 0.4) is 0 Å². The number of anilines is 2. The number of aromatic nitrogens is 2. The number of piperazine rings is 1. The minimum atomic E-state index is -0.632. The lowest BCUT2D eigenvalue weighted by Gasteiger charge is -2.37. The number of hydrogen-bond donors (Lipinski definition) is 2. The minimum absolute atomic E-state index is 0.632. The normalized spacial score (nSPS) is 17.4. The molecule has 20 heavy (non-hydrogen) atoms. The second-order valence-corrected chi connectivity index (χ2v) is 6.02. The van der Waals surface area contributed by atoms with E-state index in [4.69, 9.17) is 0 Å². The summed E-state index contributed by atoms with van der Waals surface area (Å²) >= 11 is 0. The highest BCUT2D eigenvalue weighted by Gasteiger charge is 2.23. The molecule has 1 aromatic rings. The second-order valence-electron chi connectivity index (χ2n) is 6.02. The molecular formula is C14H25N5O. The molecule has 2 heterocycles. The second kappa shape index (κ2) is 5.93. The highest BCUT2D eigenvalue weighted by Crippen LogP contribution is 2.17. The molecule has 1 aromatic heterocycles. The zero-order valence-corrected chi connectivity index (χ0v) is 12.8. The fourth-order valence-corrected chi connectivity index (χ4v) is 2.51. The van der Waals surface area contributed by atoms with Crippen molar-refractivity contribution in [2.24, 2.45) is 0 Å². The van der Waals surface area contributed by atoms with Crippen LogP contribution in [0.5, 0.6) is 0 Å². The van der Waals surface area contributed by atoms with E-state index in [0.717, 1.165) is 37.7 Å². The lowest BCUT2D eigenvalue weighted by molar-refractivity contribution is 0.0344. The van der Waals surface area contributed by atoms with Gasteiger partial charge in [-0.05, 0) is 20.8 Å². The van der Waals surface area contributed by atoms with Crippen LogP contribution < -0.4 is 10.2 Å². The van der Waals surface area contributed by atoms with Gasteiger partial charge in [-0.1, -0.05) is 0 Å². The summed E-state index contributed by atoms with van der Waals surface area (Å²) in [4.78, 5) is 13.4. The monoisotopic (exact) mass is 279 g/mol. The van der Waals surface area contributed by atoms with Crippen LogP contribution in [0.4, 0.5) is 11.8 Å². The third-order valence-electron chi connectivity index (χ3n) is 3.37. The number of aryl methyl sites for hydroxylation is 1. The molecule has 6 nitrogen and oxygen atoms in total. The summed E-state index contributed by atoms with van der Waals surface area (Å²) in [6.45, 7) is 10.1. The molecule has 0 spiro atoms. The molecule has 0 bridgehead atoms. The van der Waals surface area contributed by atoms with Gasteiger partial charge in [0, 0.05) is 51.5 Å². The molecule has 2 rings (SSSR count). The first-order valence-corrected chi connectivity index (χ1v) is 7.10. The molecule has 1 aliphatic heterocycles. The SMILES string of the molecule is CNc1nc(C)cc(N2CCN(CC(C)(C)O)CC2)n1. The highest BCUT2D eigenvalue weighted by atomic mass is 16.3. The quantitative estimate of drug-likeness (QED) is 0.847. The van der Waals surface area contributed by atoms with Crippen LogP contribution in [0.2, 0.25) is 0 Å². The van der Waals surface area contributed by atoms with Gasteiger partial charge in [0.1, 0.15) is 5.82 Å². The molecule has 6 heteroatoms. The third kappa shape index (κ3) is 4.05. The predicted octanol–water partition coefficient (Wildman–Crippen LogP) is 0.720. The van der Waals surface area contributed by atoms with Crippen molar-refractivity contribution in [3.8, 4) is 0 Å². The summed E-state index contributed by atoms with van der Waals surface area (Å²) in [6.07, 6.45) is 0. The Morgan fingerprint density at radius 3 is 2.45 bits per heavy atom. The van der Waals surface area contributed by atoms with Gasteiger partial charge in [0.15, 0.2) is 0 Å².